The Kier molecular flexibility index (Phi) is 5.38. The van der Waals surface area contributed by atoms with Crippen LogP contribution in [-0.2, 0) is 0 Å². The van der Waals surface area contributed by atoms with Gasteiger partial charge in [-0.1, -0.05) is 18.2 Å². The molecule has 0 atom stereocenters. The van der Waals surface area contributed by atoms with Gasteiger partial charge in [0.2, 0.25) is 0 Å². The molecule has 3 heterocycles. The number of hydrogen-bond acceptors (Lipinski definition) is 4. The molecule has 0 saturated carbocycles. The molecule has 4 rings (SSSR count). The van der Waals surface area contributed by atoms with Gasteiger partial charge in [-0.2, -0.15) is 0 Å². The predicted octanol–water partition coefficient (Wildman–Crippen LogP) is 4.98. The topological polar surface area (TPSA) is 15.3 Å². The zero-order valence-electron chi connectivity index (χ0n) is 12.7. The summed E-state index contributed by atoms with van der Waals surface area (Å²) in [5.74, 6) is 0. The third-order valence-corrected chi connectivity index (χ3v) is 6.03. The van der Waals surface area contributed by atoms with Crippen molar-refractivity contribution in [1.82, 2.24) is 5.32 Å². The van der Waals surface area contributed by atoms with E-state index in [2.05, 4.69) is 63.4 Å². The van der Waals surface area contributed by atoms with Gasteiger partial charge in [0.05, 0.1) is 4.88 Å². The standard InChI is InChI=1S/C18H18N2S2.ClH/c1-2-17(21-12-1)18-16(7-13-22-18)14-3-5-15(6-4-14)20-10-8-19-9-11-20;/h1-7,12-13,19H,8-11H2;1H. The van der Waals surface area contributed by atoms with Crippen molar-refractivity contribution < 1.29 is 0 Å². The van der Waals surface area contributed by atoms with Gasteiger partial charge in [0.15, 0.2) is 0 Å². The van der Waals surface area contributed by atoms with Crippen LogP contribution in [0.3, 0.4) is 0 Å². The number of hydrogen-bond donors (Lipinski definition) is 1. The number of halogens is 1. The largest absolute Gasteiger partial charge is 0.369 e. The molecule has 1 N–H and O–H groups in total. The van der Waals surface area contributed by atoms with Crippen LogP contribution in [-0.4, -0.2) is 26.2 Å². The Balaban J connectivity index is 0.00000156. The van der Waals surface area contributed by atoms with Gasteiger partial charge < -0.3 is 10.2 Å². The molecule has 0 aliphatic carbocycles. The molecule has 1 aliphatic heterocycles. The molecule has 1 aromatic carbocycles. The quantitative estimate of drug-likeness (QED) is 0.707. The van der Waals surface area contributed by atoms with Gasteiger partial charge in [0.1, 0.15) is 0 Å². The molecule has 2 nitrogen and oxygen atoms in total. The second-order valence-corrected chi connectivity index (χ2v) is 7.29. The molecule has 5 heteroatoms. The fourth-order valence-corrected chi connectivity index (χ4v) is 4.71. The normalized spacial score (nSPS) is 14.5. The van der Waals surface area contributed by atoms with E-state index in [1.54, 1.807) is 0 Å². The summed E-state index contributed by atoms with van der Waals surface area (Å²) in [6.45, 7) is 4.35. The average Bonchev–Trinajstić information content (AvgIpc) is 3.27. The molecule has 1 fully saturated rings. The summed E-state index contributed by atoms with van der Waals surface area (Å²) in [6.07, 6.45) is 0. The third-order valence-electron chi connectivity index (χ3n) is 4.07. The van der Waals surface area contributed by atoms with Crippen molar-refractivity contribution in [2.75, 3.05) is 31.1 Å². The van der Waals surface area contributed by atoms with Gasteiger partial charge in [-0.25, -0.2) is 0 Å². The third kappa shape index (κ3) is 3.45. The summed E-state index contributed by atoms with van der Waals surface area (Å²) in [5, 5.41) is 7.74. The summed E-state index contributed by atoms with van der Waals surface area (Å²) in [5.41, 5.74) is 3.99. The van der Waals surface area contributed by atoms with Gasteiger partial charge in [0, 0.05) is 42.3 Å². The summed E-state index contributed by atoms with van der Waals surface area (Å²) in [7, 11) is 0. The monoisotopic (exact) mass is 362 g/mol. The first-order valence-electron chi connectivity index (χ1n) is 7.59. The molecule has 23 heavy (non-hydrogen) atoms. The SMILES string of the molecule is Cl.c1csc(-c2sccc2-c2ccc(N3CCNCC3)cc2)c1. The van der Waals surface area contributed by atoms with Crippen LogP contribution in [0, 0.1) is 0 Å². The lowest BCUT2D eigenvalue weighted by molar-refractivity contribution is 0.589. The van der Waals surface area contributed by atoms with Gasteiger partial charge in [0.25, 0.3) is 0 Å². The highest BCUT2D eigenvalue weighted by atomic mass is 35.5. The number of benzene rings is 1. The Hall–Kier alpha value is -1.33. The molecular formula is C18H19ClN2S2. The zero-order valence-corrected chi connectivity index (χ0v) is 15.1. The summed E-state index contributed by atoms with van der Waals surface area (Å²) in [6, 6.07) is 15.6. The number of rotatable bonds is 3. The van der Waals surface area contributed by atoms with Gasteiger partial charge in [-0.05, 0) is 40.6 Å². The van der Waals surface area contributed by atoms with E-state index in [1.165, 1.54) is 26.6 Å². The van der Waals surface area contributed by atoms with E-state index < -0.39 is 0 Å². The van der Waals surface area contributed by atoms with E-state index in [-0.39, 0.29) is 12.4 Å². The number of nitrogens with one attached hydrogen (secondary N) is 1. The first-order chi connectivity index (χ1) is 10.9. The van der Waals surface area contributed by atoms with E-state index in [1.807, 2.05) is 22.7 Å². The maximum Gasteiger partial charge on any atom is 0.0520 e. The molecule has 1 aliphatic rings. The Morgan fingerprint density at radius 3 is 2.35 bits per heavy atom. The van der Waals surface area contributed by atoms with Crippen LogP contribution in [0.15, 0.2) is 53.2 Å². The van der Waals surface area contributed by atoms with Crippen LogP contribution in [0.25, 0.3) is 20.9 Å². The summed E-state index contributed by atoms with van der Waals surface area (Å²) in [4.78, 5) is 5.19. The smallest absolute Gasteiger partial charge is 0.0520 e. The maximum absolute atomic E-state index is 3.40. The lowest BCUT2D eigenvalue weighted by Gasteiger charge is -2.29. The van der Waals surface area contributed by atoms with Gasteiger partial charge in [-0.3, -0.25) is 0 Å². The second kappa shape index (κ2) is 7.49. The highest BCUT2D eigenvalue weighted by molar-refractivity contribution is 7.20. The van der Waals surface area contributed by atoms with Crippen LogP contribution < -0.4 is 10.2 Å². The van der Waals surface area contributed by atoms with Crippen LogP contribution >= 0.6 is 35.1 Å². The molecule has 0 unspecified atom stereocenters. The van der Waals surface area contributed by atoms with E-state index >= 15 is 0 Å². The number of thiophene rings is 2. The van der Waals surface area contributed by atoms with Crippen molar-refractivity contribution in [3.8, 4) is 20.9 Å². The van der Waals surface area contributed by atoms with Crippen LogP contribution in [0.4, 0.5) is 5.69 Å². The van der Waals surface area contributed by atoms with Crippen molar-refractivity contribution >= 4 is 40.8 Å². The minimum Gasteiger partial charge on any atom is -0.369 e. The van der Waals surface area contributed by atoms with Crippen molar-refractivity contribution in [3.63, 3.8) is 0 Å². The van der Waals surface area contributed by atoms with Gasteiger partial charge >= 0.3 is 0 Å². The minimum atomic E-state index is 0. The van der Waals surface area contributed by atoms with E-state index in [4.69, 9.17) is 0 Å². The highest BCUT2D eigenvalue weighted by Gasteiger charge is 2.12. The molecule has 0 spiro atoms. The molecule has 0 radical (unpaired) electrons. The summed E-state index contributed by atoms with van der Waals surface area (Å²) >= 11 is 3.64. The fourth-order valence-electron chi connectivity index (χ4n) is 2.91. The van der Waals surface area contributed by atoms with Gasteiger partial charge in [-0.15, -0.1) is 35.1 Å². The van der Waals surface area contributed by atoms with Crippen LogP contribution in [0.2, 0.25) is 0 Å². The Morgan fingerprint density at radius 2 is 1.65 bits per heavy atom. The Morgan fingerprint density at radius 1 is 0.870 bits per heavy atom. The number of nitrogens with zero attached hydrogens (tertiary/aromatic N) is 1. The molecule has 120 valence electrons. The van der Waals surface area contributed by atoms with Crippen molar-refractivity contribution in [1.29, 1.82) is 0 Å². The lowest BCUT2D eigenvalue weighted by atomic mass is 10.1. The lowest BCUT2D eigenvalue weighted by Crippen LogP contribution is -2.43. The van der Waals surface area contributed by atoms with Crippen molar-refractivity contribution in [3.05, 3.63) is 53.2 Å². The molecule has 1 saturated heterocycles. The Labute approximate surface area is 151 Å². The molecular weight excluding hydrogens is 344 g/mol. The average molecular weight is 363 g/mol. The van der Waals surface area contributed by atoms with Crippen molar-refractivity contribution in [2.24, 2.45) is 0 Å². The predicted molar refractivity (Wildman–Crippen MR) is 105 cm³/mol. The molecule has 3 aromatic rings. The fraction of sp³-hybridized carbons (Fsp3) is 0.222. The first kappa shape index (κ1) is 16.5. The van der Waals surface area contributed by atoms with Crippen molar-refractivity contribution in [2.45, 2.75) is 0 Å². The Bertz CT molecular complexity index is 729. The van der Waals surface area contributed by atoms with E-state index in [0.717, 1.165) is 26.2 Å². The molecule has 0 bridgehead atoms. The summed E-state index contributed by atoms with van der Waals surface area (Å²) < 4.78 is 0. The first-order valence-corrected chi connectivity index (χ1v) is 9.35. The minimum absolute atomic E-state index is 0. The van der Waals surface area contributed by atoms with E-state index in [0.29, 0.717) is 0 Å². The maximum atomic E-state index is 3.40. The highest BCUT2D eigenvalue weighted by Crippen LogP contribution is 2.39. The van der Waals surface area contributed by atoms with E-state index in [9.17, 15) is 0 Å². The molecule has 2 aromatic heterocycles. The number of anilines is 1. The van der Waals surface area contributed by atoms with Crippen LogP contribution in [0.5, 0.6) is 0 Å². The zero-order chi connectivity index (χ0) is 14.8. The molecule has 0 amide bonds. The number of piperazine rings is 1. The second-order valence-electron chi connectivity index (χ2n) is 5.42. The van der Waals surface area contributed by atoms with Crippen LogP contribution in [0.1, 0.15) is 0 Å².